The Morgan fingerprint density at radius 3 is 2.45 bits per heavy atom. The van der Waals surface area contributed by atoms with Gasteiger partial charge in [-0.05, 0) is 86.5 Å². The van der Waals surface area contributed by atoms with Crippen LogP contribution in [0.1, 0.15) is 69.4 Å². The first kappa shape index (κ1) is 21.4. The Hall–Kier alpha value is -1.40. The maximum atomic E-state index is 13.4. The molecule has 2 aliphatic heterocycles. The molecule has 2 heterocycles. The number of nitrogens with zero attached hydrogens (tertiary/aromatic N) is 2. The summed E-state index contributed by atoms with van der Waals surface area (Å²) in [5.74, 6) is 1.64. The van der Waals surface area contributed by atoms with Gasteiger partial charge in [0.15, 0.2) is 0 Å². The third-order valence-corrected chi connectivity index (χ3v) is 10.4. The van der Waals surface area contributed by atoms with Crippen LogP contribution in [0.2, 0.25) is 0 Å². The monoisotopic (exact) mass is 444 g/mol. The zero-order valence-corrected chi connectivity index (χ0v) is 19.6. The fourth-order valence-corrected chi connectivity index (χ4v) is 8.14. The molecule has 0 aromatic heterocycles. The maximum Gasteiger partial charge on any atom is 0.243 e. The summed E-state index contributed by atoms with van der Waals surface area (Å²) in [6.07, 6.45) is 10.5. The van der Waals surface area contributed by atoms with Crippen LogP contribution in [0.4, 0.5) is 0 Å². The molecular weight excluding hydrogens is 408 g/mol. The summed E-state index contributed by atoms with van der Waals surface area (Å²) in [5, 5.41) is 0. The molecule has 2 saturated heterocycles. The van der Waals surface area contributed by atoms with E-state index < -0.39 is 10.0 Å². The summed E-state index contributed by atoms with van der Waals surface area (Å²) in [7, 11) is -3.48. The van der Waals surface area contributed by atoms with Crippen LogP contribution in [0.15, 0.2) is 23.1 Å². The molecule has 1 amide bonds. The highest BCUT2D eigenvalue weighted by atomic mass is 32.2. The van der Waals surface area contributed by atoms with Crippen molar-refractivity contribution in [2.75, 3.05) is 19.6 Å². The molecule has 0 N–H and O–H groups in total. The number of amides is 1. The van der Waals surface area contributed by atoms with E-state index in [-0.39, 0.29) is 5.92 Å². The van der Waals surface area contributed by atoms with Crippen LogP contribution in [0.25, 0.3) is 0 Å². The smallest absolute Gasteiger partial charge is 0.243 e. The Balaban J connectivity index is 1.24. The third-order valence-electron chi connectivity index (χ3n) is 8.53. The molecular formula is C25H36N2O3S. The minimum atomic E-state index is -3.48. The number of carbonyl (C=O) groups is 1. The summed E-state index contributed by atoms with van der Waals surface area (Å²) in [4.78, 5) is 16.0. The quantitative estimate of drug-likeness (QED) is 0.708. The number of rotatable bonds is 3. The molecule has 0 unspecified atom stereocenters. The number of likely N-dealkylation sites (tertiary alicyclic amines) is 1. The Kier molecular flexibility index (Phi) is 5.89. The van der Waals surface area contributed by atoms with Gasteiger partial charge in [-0.1, -0.05) is 25.8 Å². The standard InChI is InChI=1S/C25H36N2O3S/c1-18-11-16-27(24-8-3-2-7-23(18)24)25(28)20-12-14-26(15-13-20)31(29,30)22-10-9-19-5-4-6-21(19)17-22/h9-10,17-18,20,23-24H,2-8,11-16H2,1H3/t18-,23-,24-/m1/s1. The van der Waals surface area contributed by atoms with Crippen molar-refractivity contribution in [2.24, 2.45) is 17.8 Å². The molecule has 1 aromatic rings. The van der Waals surface area contributed by atoms with Gasteiger partial charge in [0.25, 0.3) is 0 Å². The van der Waals surface area contributed by atoms with Gasteiger partial charge in [-0.15, -0.1) is 0 Å². The first-order valence-electron chi connectivity index (χ1n) is 12.4. The van der Waals surface area contributed by atoms with Crippen LogP contribution in [-0.2, 0) is 27.7 Å². The lowest BCUT2D eigenvalue weighted by Crippen LogP contribution is -2.55. The highest BCUT2D eigenvalue weighted by Gasteiger charge is 2.42. The fraction of sp³-hybridized carbons (Fsp3) is 0.720. The lowest BCUT2D eigenvalue weighted by atomic mass is 9.72. The second-order valence-electron chi connectivity index (χ2n) is 10.3. The van der Waals surface area contributed by atoms with E-state index in [4.69, 9.17) is 0 Å². The van der Waals surface area contributed by atoms with Crippen LogP contribution >= 0.6 is 0 Å². The summed E-state index contributed by atoms with van der Waals surface area (Å²) in [6, 6.07) is 6.06. The van der Waals surface area contributed by atoms with Crippen LogP contribution in [0, 0.1) is 17.8 Å². The molecule has 3 atom stereocenters. The minimum absolute atomic E-state index is 0.0255. The van der Waals surface area contributed by atoms with Crippen LogP contribution < -0.4 is 0 Å². The number of sulfonamides is 1. The topological polar surface area (TPSA) is 57.7 Å². The molecule has 5 nitrogen and oxygen atoms in total. The molecule has 170 valence electrons. The Labute approximate surface area is 187 Å². The van der Waals surface area contributed by atoms with Crippen molar-refractivity contribution in [1.82, 2.24) is 9.21 Å². The predicted molar refractivity (Wildman–Crippen MR) is 121 cm³/mol. The van der Waals surface area contributed by atoms with E-state index in [0.29, 0.717) is 54.6 Å². The first-order valence-corrected chi connectivity index (χ1v) is 13.8. The molecule has 31 heavy (non-hydrogen) atoms. The SMILES string of the molecule is C[C@@H]1CCN(C(=O)C2CCN(S(=O)(=O)c3ccc4c(c3)CCC4)CC2)[C@@H]2CCCC[C@H]12. The number of carbonyl (C=O) groups excluding carboxylic acids is 1. The average molecular weight is 445 g/mol. The molecule has 0 bridgehead atoms. The van der Waals surface area contributed by atoms with Crippen LogP contribution in [-0.4, -0.2) is 49.2 Å². The highest BCUT2D eigenvalue weighted by Crippen LogP contribution is 2.40. The summed E-state index contributed by atoms with van der Waals surface area (Å²) < 4.78 is 28.0. The second kappa shape index (κ2) is 8.51. The molecule has 6 heteroatoms. The zero-order valence-electron chi connectivity index (χ0n) is 18.8. The molecule has 0 radical (unpaired) electrons. The van der Waals surface area contributed by atoms with E-state index in [9.17, 15) is 13.2 Å². The summed E-state index contributed by atoms with van der Waals surface area (Å²) >= 11 is 0. The maximum absolute atomic E-state index is 13.4. The Bertz CT molecular complexity index is 936. The van der Waals surface area contributed by atoms with Gasteiger partial charge in [-0.3, -0.25) is 4.79 Å². The number of aryl methyl sites for hydroxylation is 2. The van der Waals surface area contributed by atoms with Gasteiger partial charge >= 0.3 is 0 Å². The Morgan fingerprint density at radius 1 is 0.903 bits per heavy atom. The third kappa shape index (κ3) is 3.95. The van der Waals surface area contributed by atoms with Gasteiger partial charge in [-0.25, -0.2) is 8.42 Å². The van der Waals surface area contributed by atoms with Gasteiger partial charge < -0.3 is 4.90 Å². The van der Waals surface area contributed by atoms with Crippen molar-refractivity contribution < 1.29 is 13.2 Å². The van der Waals surface area contributed by atoms with Crippen molar-refractivity contribution in [3.63, 3.8) is 0 Å². The van der Waals surface area contributed by atoms with Crippen molar-refractivity contribution >= 4 is 15.9 Å². The fourth-order valence-electron chi connectivity index (χ4n) is 6.62. The lowest BCUT2D eigenvalue weighted by Gasteiger charge is -2.48. The van der Waals surface area contributed by atoms with E-state index in [1.807, 2.05) is 12.1 Å². The van der Waals surface area contributed by atoms with Crippen molar-refractivity contribution in [1.29, 1.82) is 0 Å². The molecule has 4 aliphatic rings. The van der Waals surface area contributed by atoms with E-state index in [1.54, 1.807) is 10.4 Å². The number of benzene rings is 1. The van der Waals surface area contributed by atoms with E-state index in [1.165, 1.54) is 30.4 Å². The van der Waals surface area contributed by atoms with E-state index in [0.717, 1.165) is 38.6 Å². The average Bonchev–Trinajstić information content (AvgIpc) is 3.27. The minimum Gasteiger partial charge on any atom is -0.339 e. The molecule has 0 spiro atoms. The lowest BCUT2D eigenvalue weighted by molar-refractivity contribution is -0.144. The van der Waals surface area contributed by atoms with Crippen LogP contribution in [0.5, 0.6) is 0 Å². The predicted octanol–water partition coefficient (Wildman–Crippen LogP) is 4.00. The van der Waals surface area contributed by atoms with Gasteiger partial charge in [-0.2, -0.15) is 4.31 Å². The normalized spacial score (nSPS) is 30.1. The second-order valence-corrected chi connectivity index (χ2v) is 12.2. The van der Waals surface area contributed by atoms with E-state index >= 15 is 0 Å². The summed E-state index contributed by atoms with van der Waals surface area (Å²) in [5.41, 5.74) is 2.48. The number of hydrogen-bond acceptors (Lipinski definition) is 3. The Morgan fingerprint density at radius 2 is 1.65 bits per heavy atom. The highest BCUT2D eigenvalue weighted by molar-refractivity contribution is 7.89. The number of piperidine rings is 2. The van der Waals surface area contributed by atoms with Crippen molar-refractivity contribution in [2.45, 2.75) is 82.1 Å². The van der Waals surface area contributed by atoms with Crippen LogP contribution in [0.3, 0.4) is 0 Å². The van der Waals surface area contributed by atoms with Gasteiger partial charge in [0, 0.05) is 31.6 Å². The largest absolute Gasteiger partial charge is 0.339 e. The molecule has 5 rings (SSSR count). The molecule has 1 saturated carbocycles. The van der Waals surface area contributed by atoms with Gasteiger partial charge in [0.2, 0.25) is 15.9 Å². The number of fused-ring (bicyclic) bond motifs is 2. The van der Waals surface area contributed by atoms with Crippen molar-refractivity contribution in [3.8, 4) is 0 Å². The van der Waals surface area contributed by atoms with E-state index in [2.05, 4.69) is 11.8 Å². The van der Waals surface area contributed by atoms with Gasteiger partial charge in [0.05, 0.1) is 4.90 Å². The molecule has 1 aromatic carbocycles. The summed E-state index contributed by atoms with van der Waals surface area (Å²) in [6.45, 7) is 4.14. The van der Waals surface area contributed by atoms with Crippen molar-refractivity contribution in [3.05, 3.63) is 29.3 Å². The van der Waals surface area contributed by atoms with Gasteiger partial charge in [0.1, 0.15) is 0 Å². The first-order chi connectivity index (χ1) is 14.9. The molecule has 2 aliphatic carbocycles. The molecule has 3 fully saturated rings. The number of hydrogen-bond donors (Lipinski definition) is 0. The zero-order chi connectivity index (χ0) is 21.6.